The van der Waals surface area contributed by atoms with E-state index in [0.717, 1.165) is 40.1 Å². The van der Waals surface area contributed by atoms with Gasteiger partial charge in [-0.05, 0) is 56.5 Å². The quantitative estimate of drug-likeness (QED) is 0.207. The van der Waals surface area contributed by atoms with Crippen LogP contribution in [0.3, 0.4) is 0 Å². The van der Waals surface area contributed by atoms with Crippen LogP contribution in [-0.2, 0) is 16.6 Å². The van der Waals surface area contributed by atoms with Gasteiger partial charge in [0.15, 0.2) is 0 Å². The monoisotopic (exact) mass is 710 g/mol. The Morgan fingerprint density at radius 1 is 1.02 bits per heavy atom. The van der Waals surface area contributed by atoms with Gasteiger partial charge < -0.3 is 10.4 Å². The molecule has 1 aliphatic heterocycles. The number of nitrogens with one attached hydrogen (secondary N) is 1. The number of amides is 1. The van der Waals surface area contributed by atoms with E-state index >= 15 is 0 Å². The summed E-state index contributed by atoms with van der Waals surface area (Å²) < 4.78 is 37.0. The van der Waals surface area contributed by atoms with Crippen LogP contribution in [0.1, 0.15) is 57.8 Å². The zero-order chi connectivity index (χ0) is 36.3. The maximum Gasteiger partial charge on any atom is 0.490 e. The number of carbonyl (C=O) groups is 2. The van der Waals surface area contributed by atoms with E-state index in [1.165, 1.54) is 0 Å². The van der Waals surface area contributed by atoms with Gasteiger partial charge in [-0.1, -0.05) is 31.0 Å². The van der Waals surface area contributed by atoms with Crippen LogP contribution in [0, 0.1) is 5.92 Å². The van der Waals surface area contributed by atoms with Gasteiger partial charge in [-0.15, -0.1) is 0 Å². The lowest BCUT2D eigenvalue weighted by atomic mass is 9.96. The van der Waals surface area contributed by atoms with Gasteiger partial charge in [0.1, 0.15) is 0 Å². The lowest BCUT2D eigenvalue weighted by Crippen LogP contribution is -2.27. The first-order valence-corrected chi connectivity index (χ1v) is 16.0. The number of carboxylic acids is 1. The second-order valence-corrected chi connectivity index (χ2v) is 12.6. The number of carbonyl (C=O) groups excluding carboxylic acids is 1. The third kappa shape index (κ3) is 7.94. The van der Waals surface area contributed by atoms with Crippen molar-refractivity contribution in [3.63, 3.8) is 0 Å². The van der Waals surface area contributed by atoms with E-state index in [4.69, 9.17) is 26.5 Å². The Hall–Kier alpha value is -5.31. The van der Waals surface area contributed by atoms with Crippen LogP contribution in [0.2, 0.25) is 5.02 Å². The summed E-state index contributed by atoms with van der Waals surface area (Å²) in [5.74, 6) is -3.02. The Balaban J connectivity index is 0.000000630. The number of halogens is 4. The van der Waals surface area contributed by atoms with Gasteiger partial charge in [0.05, 0.1) is 47.5 Å². The van der Waals surface area contributed by atoms with E-state index in [9.17, 15) is 22.8 Å². The highest BCUT2D eigenvalue weighted by Gasteiger charge is 2.38. The SMILES string of the molecule is CC(C)n1cc(-c2ccc(Cl)cc2-c2cc(=O)n([C@H]3CCC[C@@H](C)C(=O)Nc4cnn(C)c4-c4ccnc3c4)cn2)cn1.O=C(O)C(F)(F)F. The number of fused-ring (bicyclic) bond motifs is 4. The number of hydrogen-bond acceptors (Lipinski definition) is 7. The highest BCUT2D eigenvalue weighted by atomic mass is 35.5. The largest absolute Gasteiger partial charge is 0.490 e. The normalized spacial score (nSPS) is 16.4. The molecule has 0 fully saturated rings. The predicted molar refractivity (Wildman–Crippen MR) is 180 cm³/mol. The molecule has 0 spiro atoms. The number of rotatable bonds is 4. The topological polar surface area (TPSA) is 150 Å². The minimum absolute atomic E-state index is 0.0555. The van der Waals surface area contributed by atoms with Crippen LogP contribution in [0.4, 0.5) is 18.9 Å². The van der Waals surface area contributed by atoms with Crippen molar-refractivity contribution in [2.75, 3.05) is 5.32 Å². The lowest BCUT2D eigenvalue weighted by molar-refractivity contribution is -0.192. The van der Waals surface area contributed by atoms with Crippen LogP contribution < -0.4 is 10.9 Å². The summed E-state index contributed by atoms with van der Waals surface area (Å²) in [7, 11) is 1.84. The average Bonchev–Trinajstić information content (AvgIpc) is 3.70. The van der Waals surface area contributed by atoms with Crippen LogP contribution >= 0.6 is 11.6 Å². The molecule has 2 bridgehead atoms. The second kappa shape index (κ2) is 14.7. The molecule has 0 saturated heterocycles. The second-order valence-electron chi connectivity index (χ2n) is 12.2. The van der Waals surface area contributed by atoms with Gasteiger partial charge in [-0.2, -0.15) is 23.4 Å². The maximum absolute atomic E-state index is 13.8. The molecule has 6 rings (SSSR count). The zero-order valence-corrected chi connectivity index (χ0v) is 28.3. The first-order valence-electron chi connectivity index (χ1n) is 15.7. The number of hydrogen-bond donors (Lipinski definition) is 2. The number of alkyl halides is 3. The minimum atomic E-state index is -5.08. The number of aromatic nitrogens is 7. The Morgan fingerprint density at radius 2 is 1.76 bits per heavy atom. The van der Waals surface area contributed by atoms with Gasteiger partial charge in [-0.25, -0.2) is 9.78 Å². The summed E-state index contributed by atoms with van der Waals surface area (Å²) in [6.07, 6.45) is 5.69. The maximum atomic E-state index is 13.8. The highest BCUT2D eigenvalue weighted by molar-refractivity contribution is 6.31. The molecule has 50 heavy (non-hydrogen) atoms. The molecule has 1 aromatic carbocycles. The van der Waals surface area contributed by atoms with Crippen LogP contribution in [-0.4, -0.2) is 57.3 Å². The van der Waals surface area contributed by atoms with Crippen LogP contribution in [0.5, 0.6) is 0 Å². The molecule has 16 heteroatoms. The van der Waals surface area contributed by atoms with Crippen molar-refractivity contribution in [1.82, 2.24) is 34.1 Å². The Kier molecular flexibility index (Phi) is 10.6. The number of aryl methyl sites for hydroxylation is 1. The smallest absolute Gasteiger partial charge is 0.475 e. The third-order valence-electron chi connectivity index (χ3n) is 8.27. The molecule has 1 amide bonds. The molecule has 1 aliphatic rings. The summed E-state index contributed by atoms with van der Waals surface area (Å²) in [5, 5.41) is 19.6. The fourth-order valence-electron chi connectivity index (χ4n) is 5.61. The van der Waals surface area contributed by atoms with Crippen LogP contribution in [0.15, 0.2) is 72.3 Å². The van der Waals surface area contributed by atoms with Gasteiger partial charge in [-0.3, -0.25) is 28.5 Å². The molecule has 262 valence electrons. The van der Waals surface area contributed by atoms with E-state index in [1.807, 2.05) is 61.4 Å². The summed E-state index contributed by atoms with van der Waals surface area (Å²) in [6.45, 7) is 6.05. The van der Waals surface area contributed by atoms with Crippen molar-refractivity contribution < 1.29 is 27.9 Å². The van der Waals surface area contributed by atoms with Crippen molar-refractivity contribution in [2.24, 2.45) is 13.0 Å². The summed E-state index contributed by atoms with van der Waals surface area (Å²) >= 11 is 6.41. The Bertz CT molecular complexity index is 2090. The molecule has 4 aromatic heterocycles. The molecular formula is C34H34ClF3N8O4. The van der Waals surface area contributed by atoms with E-state index < -0.39 is 12.1 Å². The van der Waals surface area contributed by atoms with E-state index in [0.29, 0.717) is 29.2 Å². The summed E-state index contributed by atoms with van der Waals surface area (Å²) in [6, 6.07) is 10.8. The standard InChI is InChI=1S/C32H33ClN8O2.C2HF3O2/c1-19(2)41-17-22(15-37-41)24-9-8-23(33)13-25(24)26-14-30(42)40(18-35-26)29-7-5-6-20(3)32(43)38-28-16-36-39(4)31(28)21-10-11-34-27(29)12-21;3-2(4,5)1(6)7/h8-20,29H,5-7H2,1-4H3,(H,38,43);(H,6,7)/t20-,29+;/m1./s1. The molecule has 0 aliphatic carbocycles. The van der Waals surface area contributed by atoms with Crippen molar-refractivity contribution in [1.29, 1.82) is 0 Å². The van der Waals surface area contributed by atoms with E-state index in [1.54, 1.807) is 34.0 Å². The highest BCUT2D eigenvalue weighted by Crippen LogP contribution is 2.35. The zero-order valence-electron chi connectivity index (χ0n) is 27.5. The molecule has 0 saturated carbocycles. The van der Waals surface area contributed by atoms with Crippen LogP contribution in [0.25, 0.3) is 33.6 Å². The van der Waals surface area contributed by atoms with Gasteiger partial charge >= 0.3 is 12.1 Å². The van der Waals surface area contributed by atoms with Crippen molar-refractivity contribution in [3.8, 4) is 33.6 Å². The van der Waals surface area contributed by atoms with Crippen molar-refractivity contribution >= 4 is 29.2 Å². The molecule has 0 radical (unpaired) electrons. The predicted octanol–water partition coefficient (Wildman–Crippen LogP) is 6.78. The summed E-state index contributed by atoms with van der Waals surface area (Å²) in [5.41, 5.74) is 5.89. The third-order valence-corrected chi connectivity index (χ3v) is 8.50. The first kappa shape index (κ1) is 36.0. The fraction of sp³-hybridized carbons (Fsp3) is 0.324. The van der Waals surface area contributed by atoms with E-state index in [-0.39, 0.29) is 29.5 Å². The number of aliphatic carboxylic acids is 1. The number of benzene rings is 1. The van der Waals surface area contributed by atoms with Gasteiger partial charge in [0, 0.05) is 59.2 Å². The molecule has 2 atom stereocenters. The molecule has 2 N–H and O–H groups in total. The minimum Gasteiger partial charge on any atom is -0.475 e. The van der Waals surface area contributed by atoms with Crippen molar-refractivity contribution in [2.45, 2.75) is 58.3 Å². The number of nitrogens with zero attached hydrogens (tertiary/aromatic N) is 7. The Labute approximate surface area is 289 Å². The van der Waals surface area contributed by atoms with Gasteiger partial charge in [0.2, 0.25) is 5.91 Å². The number of anilines is 1. The lowest BCUT2D eigenvalue weighted by Gasteiger charge is -2.22. The van der Waals surface area contributed by atoms with Crippen molar-refractivity contribution in [3.05, 3.63) is 88.6 Å². The molecule has 12 nitrogen and oxygen atoms in total. The number of carboxylic acid groups (broad SMARTS) is 1. The van der Waals surface area contributed by atoms with E-state index in [2.05, 4.69) is 34.3 Å². The summed E-state index contributed by atoms with van der Waals surface area (Å²) in [4.78, 5) is 45.1. The molecule has 0 unspecified atom stereocenters. The fourth-order valence-corrected chi connectivity index (χ4v) is 5.79. The average molecular weight is 711 g/mol. The first-order chi connectivity index (χ1) is 23.6. The molecule has 5 heterocycles. The van der Waals surface area contributed by atoms with Gasteiger partial charge in [0.25, 0.3) is 5.56 Å². The Morgan fingerprint density at radius 3 is 2.42 bits per heavy atom. The number of pyridine rings is 1. The molecule has 5 aromatic rings. The molecular weight excluding hydrogens is 677 g/mol.